The molecule has 1 aliphatic rings. The minimum atomic E-state index is 0.155. The molecule has 0 unspecified atom stereocenters. The van der Waals surface area contributed by atoms with E-state index in [2.05, 4.69) is 14.9 Å². The molecular formula is C22H25N5O2. The fourth-order valence-corrected chi connectivity index (χ4v) is 3.45. The smallest absolute Gasteiger partial charge is 0.228 e. The van der Waals surface area contributed by atoms with Gasteiger partial charge in [-0.3, -0.25) is 4.79 Å². The molecule has 1 fully saturated rings. The predicted molar refractivity (Wildman–Crippen MR) is 111 cm³/mol. The number of hydrogen-bond donors (Lipinski definition) is 0. The second-order valence-electron chi connectivity index (χ2n) is 6.93. The molecule has 0 atom stereocenters. The predicted octanol–water partition coefficient (Wildman–Crippen LogP) is 2.56. The fraction of sp³-hybridized carbons (Fsp3) is 0.318. The molecule has 1 saturated heterocycles. The number of hydrogen-bond acceptors (Lipinski definition) is 5. The summed E-state index contributed by atoms with van der Waals surface area (Å²) in [4.78, 5) is 25.5. The maximum atomic E-state index is 12.7. The molecule has 150 valence electrons. The van der Waals surface area contributed by atoms with Crippen molar-refractivity contribution in [1.82, 2.24) is 19.4 Å². The number of ether oxygens (including phenoxy) is 1. The number of carbonyl (C=O) groups excluding carboxylic acids is 1. The second kappa shape index (κ2) is 8.77. The summed E-state index contributed by atoms with van der Waals surface area (Å²) in [5.74, 6) is 1.39. The Hall–Kier alpha value is -3.35. The SMILES string of the molecule is CCOc1ccnc(N2CCN(C(=O)Cc3ccc(-n4cccc4)cc3)CC2)n1. The molecule has 0 N–H and O–H groups in total. The highest BCUT2D eigenvalue weighted by atomic mass is 16.5. The van der Waals surface area contributed by atoms with E-state index in [1.807, 2.05) is 65.2 Å². The van der Waals surface area contributed by atoms with Crippen LogP contribution in [0.15, 0.2) is 61.1 Å². The number of anilines is 1. The normalized spacial score (nSPS) is 14.1. The van der Waals surface area contributed by atoms with Crippen molar-refractivity contribution in [2.45, 2.75) is 13.3 Å². The quantitative estimate of drug-likeness (QED) is 0.646. The molecule has 4 rings (SSSR count). The van der Waals surface area contributed by atoms with Gasteiger partial charge in [-0.2, -0.15) is 4.98 Å². The van der Waals surface area contributed by atoms with Crippen molar-refractivity contribution in [3.05, 3.63) is 66.6 Å². The molecule has 1 aliphatic heterocycles. The maximum absolute atomic E-state index is 12.7. The van der Waals surface area contributed by atoms with E-state index in [0.29, 0.717) is 51.0 Å². The van der Waals surface area contributed by atoms with Crippen LogP contribution in [0.3, 0.4) is 0 Å². The summed E-state index contributed by atoms with van der Waals surface area (Å²) in [6, 6.07) is 13.9. The van der Waals surface area contributed by atoms with E-state index in [4.69, 9.17) is 4.74 Å². The highest BCUT2D eigenvalue weighted by Crippen LogP contribution is 2.16. The molecule has 0 spiro atoms. The zero-order valence-corrected chi connectivity index (χ0v) is 16.6. The number of amides is 1. The monoisotopic (exact) mass is 391 g/mol. The summed E-state index contributed by atoms with van der Waals surface area (Å²) in [6.45, 7) is 5.28. The van der Waals surface area contributed by atoms with Gasteiger partial charge < -0.3 is 19.1 Å². The van der Waals surface area contributed by atoms with Gasteiger partial charge in [0, 0.05) is 56.5 Å². The Morgan fingerprint density at radius 2 is 1.76 bits per heavy atom. The topological polar surface area (TPSA) is 63.5 Å². The minimum Gasteiger partial charge on any atom is -0.478 e. The first-order valence-corrected chi connectivity index (χ1v) is 9.94. The van der Waals surface area contributed by atoms with Crippen LogP contribution >= 0.6 is 0 Å². The Bertz CT molecular complexity index is 932. The third-order valence-corrected chi connectivity index (χ3v) is 5.02. The van der Waals surface area contributed by atoms with E-state index in [1.54, 1.807) is 12.3 Å². The van der Waals surface area contributed by atoms with Gasteiger partial charge in [0.15, 0.2) is 0 Å². The van der Waals surface area contributed by atoms with Gasteiger partial charge in [0.05, 0.1) is 13.0 Å². The summed E-state index contributed by atoms with van der Waals surface area (Å²) < 4.78 is 7.50. The Balaban J connectivity index is 1.31. The summed E-state index contributed by atoms with van der Waals surface area (Å²) in [6.07, 6.45) is 6.14. The van der Waals surface area contributed by atoms with E-state index in [9.17, 15) is 4.79 Å². The molecule has 7 heteroatoms. The Morgan fingerprint density at radius 3 is 2.45 bits per heavy atom. The first kappa shape index (κ1) is 19.0. The average Bonchev–Trinajstić information content (AvgIpc) is 3.30. The average molecular weight is 391 g/mol. The third kappa shape index (κ3) is 4.56. The van der Waals surface area contributed by atoms with Crippen LogP contribution in [0.5, 0.6) is 5.88 Å². The number of rotatable bonds is 6. The largest absolute Gasteiger partial charge is 0.478 e. The van der Waals surface area contributed by atoms with Crippen molar-refractivity contribution in [3.8, 4) is 11.6 Å². The van der Waals surface area contributed by atoms with Crippen molar-refractivity contribution in [2.75, 3.05) is 37.7 Å². The zero-order valence-electron chi connectivity index (χ0n) is 16.6. The van der Waals surface area contributed by atoms with E-state index in [-0.39, 0.29) is 5.91 Å². The molecule has 0 bridgehead atoms. The van der Waals surface area contributed by atoms with Crippen molar-refractivity contribution in [2.24, 2.45) is 0 Å². The molecule has 1 aromatic carbocycles. The van der Waals surface area contributed by atoms with E-state index in [0.717, 1.165) is 11.3 Å². The van der Waals surface area contributed by atoms with Gasteiger partial charge >= 0.3 is 0 Å². The summed E-state index contributed by atoms with van der Waals surface area (Å²) >= 11 is 0. The van der Waals surface area contributed by atoms with Gasteiger partial charge in [-0.1, -0.05) is 12.1 Å². The Morgan fingerprint density at radius 1 is 1.03 bits per heavy atom. The zero-order chi connectivity index (χ0) is 20.1. The molecule has 3 heterocycles. The molecule has 0 radical (unpaired) electrons. The van der Waals surface area contributed by atoms with Crippen molar-refractivity contribution in [3.63, 3.8) is 0 Å². The minimum absolute atomic E-state index is 0.155. The molecule has 29 heavy (non-hydrogen) atoms. The van der Waals surface area contributed by atoms with Gasteiger partial charge in [-0.05, 0) is 36.8 Å². The lowest BCUT2D eigenvalue weighted by atomic mass is 10.1. The van der Waals surface area contributed by atoms with Crippen LogP contribution in [0.25, 0.3) is 5.69 Å². The van der Waals surface area contributed by atoms with Crippen LogP contribution in [0.4, 0.5) is 5.95 Å². The lowest BCUT2D eigenvalue weighted by molar-refractivity contribution is -0.130. The Labute approximate surface area is 170 Å². The van der Waals surface area contributed by atoms with E-state index >= 15 is 0 Å². The van der Waals surface area contributed by atoms with Crippen LogP contribution in [0.1, 0.15) is 12.5 Å². The number of nitrogens with zero attached hydrogens (tertiary/aromatic N) is 5. The summed E-state index contributed by atoms with van der Waals surface area (Å²) in [5, 5.41) is 0. The molecule has 0 aliphatic carbocycles. The third-order valence-electron chi connectivity index (χ3n) is 5.02. The van der Waals surface area contributed by atoms with Gasteiger partial charge in [0.1, 0.15) is 0 Å². The van der Waals surface area contributed by atoms with E-state index in [1.165, 1.54) is 0 Å². The summed E-state index contributed by atoms with van der Waals surface area (Å²) in [7, 11) is 0. The van der Waals surface area contributed by atoms with Crippen molar-refractivity contribution in [1.29, 1.82) is 0 Å². The van der Waals surface area contributed by atoms with Gasteiger partial charge in [-0.15, -0.1) is 0 Å². The maximum Gasteiger partial charge on any atom is 0.228 e. The molecule has 2 aromatic heterocycles. The number of aromatic nitrogens is 3. The highest BCUT2D eigenvalue weighted by Gasteiger charge is 2.23. The molecule has 1 amide bonds. The van der Waals surface area contributed by atoms with Crippen LogP contribution < -0.4 is 9.64 Å². The van der Waals surface area contributed by atoms with Gasteiger partial charge in [-0.25, -0.2) is 4.98 Å². The van der Waals surface area contributed by atoms with Crippen LogP contribution in [-0.4, -0.2) is 58.1 Å². The molecule has 3 aromatic rings. The van der Waals surface area contributed by atoms with Crippen molar-refractivity contribution >= 4 is 11.9 Å². The molecule has 7 nitrogen and oxygen atoms in total. The molecular weight excluding hydrogens is 366 g/mol. The number of carbonyl (C=O) groups is 1. The first-order chi connectivity index (χ1) is 14.2. The van der Waals surface area contributed by atoms with Crippen molar-refractivity contribution < 1.29 is 9.53 Å². The lowest BCUT2D eigenvalue weighted by Crippen LogP contribution is -2.49. The number of benzene rings is 1. The van der Waals surface area contributed by atoms with Crippen LogP contribution in [-0.2, 0) is 11.2 Å². The van der Waals surface area contributed by atoms with Crippen LogP contribution in [0, 0.1) is 0 Å². The lowest BCUT2D eigenvalue weighted by Gasteiger charge is -2.34. The first-order valence-electron chi connectivity index (χ1n) is 9.94. The van der Waals surface area contributed by atoms with Gasteiger partial charge in [0.2, 0.25) is 17.7 Å². The Kier molecular flexibility index (Phi) is 5.74. The summed E-state index contributed by atoms with van der Waals surface area (Å²) in [5.41, 5.74) is 2.12. The second-order valence-corrected chi connectivity index (χ2v) is 6.93. The van der Waals surface area contributed by atoms with E-state index < -0.39 is 0 Å². The highest BCUT2D eigenvalue weighted by molar-refractivity contribution is 5.79. The van der Waals surface area contributed by atoms with Crippen LogP contribution in [0.2, 0.25) is 0 Å². The fourth-order valence-electron chi connectivity index (χ4n) is 3.45. The standard InChI is InChI=1S/C22H25N5O2/c1-2-29-20-9-10-23-22(24-20)27-15-13-26(14-16-27)21(28)17-18-5-7-19(8-6-18)25-11-3-4-12-25/h3-12H,2,13-17H2,1H3. The number of piperazine rings is 1. The van der Waals surface area contributed by atoms with Gasteiger partial charge in [0.25, 0.3) is 0 Å². The molecule has 0 saturated carbocycles.